The van der Waals surface area contributed by atoms with E-state index in [1.807, 2.05) is 38.4 Å². The molecule has 0 aliphatic carbocycles. The van der Waals surface area contributed by atoms with Crippen LogP contribution in [0.1, 0.15) is 66.8 Å². The fraction of sp³-hybridized carbons (Fsp3) is 0.333. The van der Waals surface area contributed by atoms with Gasteiger partial charge in [0, 0.05) is 17.3 Å². The van der Waals surface area contributed by atoms with E-state index in [2.05, 4.69) is 11.2 Å². The maximum absolute atomic E-state index is 12.8. The minimum absolute atomic E-state index is 0.0434. The maximum atomic E-state index is 12.8. The van der Waals surface area contributed by atoms with Crippen molar-refractivity contribution in [2.75, 3.05) is 0 Å². The minimum Gasteiger partial charge on any atom is -0.457 e. The number of carbonyl (C=O) groups is 1. The van der Waals surface area contributed by atoms with Crippen molar-refractivity contribution < 1.29 is 9.53 Å². The monoisotopic (exact) mass is 362 g/mol. The number of hydrogen-bond acceptors (Lipinski definition) is 5. The summed E-state index contributed by atoms with van der Waals surface area (Å²) in [5.41, 5.74) is 3.13. The molecular formula is C21H22N4O2. The molecule has 6 heteroatoms. The molecule has 1 aromatic carbocycles. The largest absolute Gasteiger partial charge is 0.457 e. The SMILES string of the molecule is CC(C)c1cc(C(=O)OCc2ccccc2C#N)c2cnn(C(C)C)c2n1. The van der Waals surface area contributed by atoms with Crippen molar-refractivity contribution >= 4 is 17.0 Å². The zero-order valence-electron chi connectivity index (χ0n) is 15.9. The molecule has 0 saturated heterocycles. The highest BCUT2D eigenvalue weighted by Crippen LogP contribution is 2.25. The van der Waals surface area contributed by atoms with Crippen molar-refractivity contribution in [3.8, 4) is 6.07 Å². The molecule has 0 unspecified atom stereocenters. The van der Waals surface area contributed by atoms with Crippen LogP contribution in [0.2, 0.25) is 0 Å². The van der Waals surface area contributed by atoms with Crippen molar-refractivity contribution in [3.05, 3.63) is 58.9 Å². The van der Waals surface area contributed by atoms with Crippen LogP contribution in [-0.2, 0) is 11.3 Å². The van der Waals surface area contributed by atoms with Gasteiger partial charge in [0.1, 0.15) is 6.61 Å². The third kappa shape index (κ3) is 3.68. The van der Waals surface area contributed by atoms with Gasteiger partial charge < -0.3 is 4.74 Å². The normalized spacial score (nSPS) is 11.1. The Labute approximate surface area is 158 Å². The number of fused-ring (bicyclic) bond motifs is 1. The lowest BCUT2D eigenvalue weighted by Gasteiger charge is -2.12. The number of benzene rings is 1. The van der Waals surface area contributed by atoms with Crippen LogP contribution in [-0.4, -0.2) is 20.7 Å². The van der Waals surface area contributed by atoms with E-state index in [0.717, 1.165) is 5.69 Å². The molecular weight excluding hydrogens is 340 g/mol. The first-order chi connectivity index (χ1) is 12.9. The summed E-state index contributed by atoms with van der Waals surface area (Å²) in [4.78, 5) is 17.5. The number of pyridine rings is 1. The van der Waals surface area contributed by atoms with Crippen molar-refractivity contribution in [2.24, 2.45) is 0 Å². The first kappa shape index (κ1) is 18.6. The van der Waals surface area contributed by atoms with Crippen LogP contribution < -0.4 is 0 Å². The molecule has 27 heavy (non-hydrogen) atoms. The Kier molecular flexibility index (Phi) is 5.22. The van der Waals surface area contributed by atoms with Gasteiger partial charge in [-0.2, -0.15) is 10.4 Å². The smallest absolute Gasteiger partial charge is 0.339 e. The summed E-state index contributed by atoms with van der Waals surface area (Å²) in [6.07, 6.45) is 1.66. The van der Waals surface area contributed by atoms with E-state index < -0.39 is 5.97 Å². The second kappa shape index (κ2) is 7.58. The van der Waals surface area contributed by atoms with Gasteiger partial charge in [0.05, 0.1) is 28.8 Å². The van der Waals surface area contributed by atoms with Crippen molar-refractivity contribution in [1.82, 2.24) is 14.8 Å². The number of aromatic nitrogens is 3. The van der Waals surface area contributed by atoms with E-state index in [1.54, 1.807) is 30.5 Å². The van der Waals surface area contributed by atoms with E-state index in [-0.39, 0.29) is 18.6 Å². The molecule has 0 aliphatic heterocycles. The van der Waals surface area contributed by atoms with Gasteiger partial charge in [-0.3, -0.25) is 0 Å². The van der Waals surface area contributed by atoms with E-state index >= 15 is 0 Å². The van der Waals surface area contributed by atoms with Gasteiger partial charge in [-0.15, -0.1) is 0 Å². The molecule has 2 heterocycles. The summed E-state index contributed by atoms with van der Waals surface area (Å²) >= 11 is 0. The molecule has 0 saturated carbocycles. The van der Waals surface area contributed by atoms with Crippen molar-refractivity contribution in [3.63, 3.8) is 0 Å². The maximum Gasteiger partial charge on any atom is 0.339 e. The highest BCUT2D eigenvalue weighted by atomic mass is 16.5. The number of rotatable bonds is 5. The number of carbonyl (C=O) groups excluding carboxylic acids is 1. The molecule has 0 N–H and O–H groups in total. The first-order valence-electron chi connectivity index (χ1n) is 8.95. The second-order valence-electron chi connectivity index (χ2n) is 7.01. The Morgan fingerprint density at radius 3 is 2.67 bits per heavy atom. The summed E-state index contributed by atoms with van der Waals surface area (Å²) in [7, 11) is 0. The van der Waals surface area contributed by atoms with Crippen LogP contribution in [0.25, 0.3) is 11.0 Å². The Balaban J connectivity index is 1.97. The second-order valence-corrected chi connectivity index (χ2v) is 7.01. The molecule has 0 radical (unpaired) electrons. The summed E-state index contributed by atoms with van der Waals surface area (Å²) in [5.74, 6) is -0.281. The molecule has 0 aliphatic rings. The molecule has 3 aromatic rings. The van der Waals surface area contributed by atoms with Gasteiger partial charge >= 0.3 is 5.97 Å². The van der Waals surface area contributed by atoms with Crippen LogP contribution in [0.5, 0.6) is 0 Å². The van der Waals surface area contributed by atoms with Gasteiger partial charge in [-0.25, -0.2) is 14.5 Å². The highest BCUT2D eigenvalue weighted by molar-refractivity contribution is 6.02. The van der Waals surface area contributed by atoms with Crippen LogP contribution in [0.15, 0.2) is 36.5 Å². The van der Waals surface area contributed by atoms with Gasteiger partial charge in [0.15, 0.2) is 5.65 Å². The van der Waals surface area contributed by atoms with E-state index in [9.17, 15) is 10.1 Å². The van der Waals surface area contributed by atoms with Gasteiger partial charge in [-0.1, -0.05) is 32.0 Å². The molecule has 6 nitrogen and oxygen atoms in total. The zero-order valence-corrected chi connectivity index (χ0v) is 15.9. The van der Waals surface area contributed by atoms with Crippen LogP contribution in [0.4, 0.5) is 0 Å². The summed E-state index contributed by atoms with van der Waals surface area (Å²) < 4.78 is 7.32. The molecule has 0 atom stereocenters. The first-order valence-corrected chi connectivity index (χ1v) is 8.95. The molecule has 3 rings (SSSR count). The Morgan fingerprint density at radius 2 is 2.00 bits per heavy atom. The Morgan fingerprint density at radius 1 is 1.26 bits per heavy atom. The molecule has 2 aromatic heterocycles. The van der Waals surface area contributed by atoms with Crippen molar-refractivity contribution in [1.29, 1.82) is 5.26 Å². The molecule has 0 fully saturated rings. The van der Waals surface area contributed by atoms with Gasteiger partial charge in [0.25, 0.3) is 0 Å². The average molecular weight is 362 g/mol. The van der Waals surface area contributed by atoms with E-state index in [0.29, 0.717) is 27.7 Å². The number of nitrogens with zero attached hydrogens (tertiary/aromatic N) is 4. The average Bonchev–Trinajstić information content (AvgIpc) is 3.09. The van der Waals surface area contributed by atoms with Gasteiger partial charge in [0.2, 0.25) is 0 Å². The molecule has 0 bridgehead atoms. The fourth-order valence-corrected chi connectivity index (χ4v) is 2.86. The lowest BCUT2D eigenvalue weighted by Crippen LogP contribution is -2.10. The lowest BCUT2D eigenvalue weighted by molar-refractivity contribution is 0.0474. The minimum atomic E-state index is -0.444. The summed E-state index contributed by atoms with van der Waals surface area (Å²) in [6.45, 7) is 8.15. The van der Waals surface area contributed by atoms with Crippen LogP contribution in [0.3, 0.4) is 0 Å². The predicted molar refractivity (Wildman–Crippen MR) is 102 cm³/mol. The quantitative estimate of drug-likeness (QED) is 0.630. The number of hydrogen-bond donors (Lipinski definition) is 0. The molecule has 138 valence electrons. The third-order valence-electron chi connectivity index (χ3n) is 4.38. The molecule has 0 amide bonds. The van der Waals surface area contributed by atoms with Gasteiger partial charge in [-0.05, 0) is 31.9 Å². The third-order valence-corrected chi connectivity index (χ3v) is 4.38. The Bertz CT molecular complexity index is 1030. The Hall–Kier alpha value is -3.20. The van der Waals surface area contributed by atoms with Crippen LogP contribution >= 0.6 is 0 Å². The molecule has 0 spiro atoms. The fourth-order valence-electron chi connectivity index (χ4n) is 2.86. The number of ether oxygens (including phenoxy) is 1. The van der Waals surface area contributed by atoms with Crippen LogP contribution in [0, 0.1) is 11.3 Å². The van der Waals surface area contributed by atoms with E-state index in [1.165, 1.54) is 0 Å². The summed E-state index contributed by atoms with van der Waals surface area (Å²) in [5, 5.41) is 14.2. The number of esters is 1. The van der Waals surface area contributed by atoms with E-state index in [4.69, 9.17) is 9.72 Å². The predicted octanol–water partition coefficient (Wildman–Crippen LogP) is 4.36. The topological polar surface area (TPSA) is 80.8 Å². The lowest BCUT2D eigenvalue weighted by atomic mass is 10.1. The standard InChI is InChI=1S/C21H22N4O2/c1-13(2)19-9-17(18-11-23-25(14(3)4)20(18)24-19)21(26)27-12-16-8-6-5-7-15(16)10-22/h5-9,11,13-14H,12H2,1-4H3. The highest BCUT2D eigenvalue weighted by Gasteiger charge is 2.20. The number of nitriles is 1. The van der Waals surface area contributed by atoms with Crippen molar-refractivity contribution in [2.45, 2.75) is 46.3 Å². The summed E-state index contributed by atoms with van der Waals surface area (Å²) in [6, 6.07) is 11.1. The zero-order chi connectivity index (χ0) is 19.6.